The number of rotatable bonds is 3. The molecular weight excluding hydrogens is 278 g/mol. The van der Waals surface area contributed by atoms with Gasteiger partial charge < -0.3 is 4.52 Å². The summed E-state index contributed by atoms with van der Waals surface area (Å²) >= 11 is 0. The molecule has 3 rings (SSSR count). The fourth-order valence-electron chi connectivity index (χ4n) is 3.53. The van der Waals surface area contributed by atoms with E-state index in [-0.39, 0.29) is 11.3 Å². The first-order valence-electron chi connectivity index (χ1n) is 7.12. The van der Waals surface area contributed by atoms with Crippen molar-refractivity contribution in [3.05, 3.63) is 11.7 Å². The van der Waals surface area contributed by atoms with Crippen LogP contribution in [0.15, 0.2) is 4.52 Å². The predicted molar refractivity (Wildman–Crippen MR) is 73.8 cm³/mol. The lowest BCUT2D eigenvalue weighted by Crippen LogP contribution is -2.35. The molecule has 0 unspecified atom stereocenters. The second kappa shape index (κ2) is 4.53. The van der Waals surface area contributed by atoms with Crippen molar-refractivity contribution in [2.45, 2.75) is 44.4 Å². The summed E-state index contributed by atoms with van der Waals surface area (Å²) in [6.07, 6.45) is 4.36. The van der Waals surface area contributed by atoms with Crippen LogP contribution in [-0.2, 0) is 15.4 Å². The molecule has 0 radical (unpaired) electrons. The monoisotopic (exact) mass is 299 g/mol. The van der Waals surface area contributed by atoms with Gasteiger partial charge in [-0.05, 0) is 18.8 Å². The molecule has 7 heteroatoms. The van der Waals surface area contributed by atoms with Crippen molar-refractivity contribution in [1.29, 1.82) is 0 Å². The summed E-state index contributed by atoms with van der Waals surface area (Å²) in [6.45, 7) is 5.11. The first-order chi connectivity index (χ1) is 9.33. The molecule has 0 bridgehead atoms. The number of hydrogen-bond acceptors (Lipinski definition) is 5. The molecule has 0 spiro atoms. The van der Waals surface area contributed by atoms with Gasteiger partial charge in [-0.25, -0.2) is 12.7 Å². The van der Waals surface area contributed by atoms with Crippen molar-refractivity contribution in [3.8, 4) is 0 Å². The smallest absolute Gasteiger partial charge is 0.229 e. The normalized spacial score (nSPS) is 31.1. The largest absolute Gasteiger partial charge is 0.339 e. The van der Waals surface area contributed by atoms with Crippen LogP contribution < -0.4 is 0 Å². The zero-order chi connectivity index (χ0) is 14.5. The van der Waals surface area contributed by atoms with Crippen LogP contribution in [0.1, 0.15) is 50.7 Å². The summed E-state index contributed by atoms with van der Waals surface area (Å²) in [5, 5.41) is 4.16. The molecule has 1 aromatic rings. The van der Waals surface area contributed by atoms with Crippen LogP contribution in [0.4, 0.5) is 0 Å². The maximum atomic E-state index is 11.8. The van der Waals surface area contributed by atoms with Gasteiger partial charge in [-0.2, -0.15) is 4.98 Å². The highest BCUT2D eigenvalue weighted by molar-refractivity contribution is 7.88. The van der Waals surface area contributed by atoms with Gasteiger partial charge in [-0.1, -0.05) is 25.4 Å². The number of nitrogens with zero attached hydrogens (tertiary/aromatic N) is 3. The second-order valence-electron chi connectivity index (χ2n) is 6.41. The van der Waals surface area contributed by atoms with Crippen molar-refractivity contribution in [2.24, 2.45) is 5.92 Å². The Bertz CT molecular complexity index is 610. The minimum atomic E-state index is -3.15. The van der Waals surface area contributed by atoms with E-state index in [1.54, 1.807) is 4.31 Å². The fraction of sp³-hybridized carbons (Fsp3) is 0.846. The molecule has 20 heavy (non-hydrogen) atoms. The molecule has 1 aliphatic heterocycles. The Kier molecular flexibility index (Phi) is 3.17. The number of aromatic nitrogens is 2. The van der Waals surface area contributed by atoms with Gasteiger partial charge in [0, 0.05) is 19.0 Å². The lowest BCUT2D eigenvalue weighted by Gasteiger charge is -2.24. The molecule has 1 aliphatic carbocycles. The zero-order valence-corrected chi connectivity index (χ0v) is 13.0. The van der Waals surface area contributed by atoms with Crippen LogP contribution in [0.25, 0.3) is 0 Å². The SMILES string of the molecule is CC(C)c1nc([C@@]23CCC[C@@H]2CN(S(C)(=O)=O)C3)no1. The zero-order valence-electron chi connectivity index (χ0n) is 12.2. The number of sulfonamides is 1. The molecule has 0 amide bonds. The van der Waals surface area contributed by atoms with Gasteiger partial charge in [0.15, 0.2) is 5.82 Å². The highest BCUT2D eigenvalue weighted by Gasteiger charge is 2.55. The van der Waals surface area contributed by atoms with Gasteiger partial charge in [-0.3, -0.25) is 0 Å². The third-order valence-electron chi connectivity index (χ3n) is 4.69. The summed E-state index contributed by atoms with van der Waals surface area (Å²) in [6, 6.07) is 0. The van der Waals surface area contributed by atoms with Crippen molar-refractivity contribution in [3.63, 3.8) is 0 Å². The average molecular weight is 299 g/mol. The third-order valence-corrected chi connectivity index (χ3v) is 5.91. The lowest BCUT2D eigenvalue weighted by molar-refractivity contribution is 0.324. The highest BCUT2D eigenvalue weighted by atomic mass is 32.2. The van der Waals surface area contributed by atoms with Crippen LogP contribution in [0.5, 0.6) is 0 Å². The van der Waals surface area contributed by atoms with E-state index in [2.05, 4.69) is 10.1 Å². The van der Waals surface area contributed by atoms with Gasteiger partial charge in [0.2, 0.25) is 15.9 Å². The van der Waals surface area contributed by atoms with E-state index in [1.807, 2.05) is 13.8 Å². The summed E-state index contributed by atoms with van der Waals surface area (Å²) < 4.78 is 30.5. The standard InChI is InChI=1S/C13H21N3O3S/c1-9(2)11-14-12(15-19-11)13-6-4-5-10(13)7-16(8-13)20(3,17)18/h9-10H,4-8H2,1-3H3/t10-,13-/m1/s1. The van der Waals surface area contributed by atoms with Gasteiger partial charge in [0.25, 0.3) is 0 Å². The van der Waals surface area contributed by atoms with Gasteiger partial charge in [0.1, 0.15) is 0 Å². The minimum Gasteiger partial charge on any atom is -0.339 e. The van der Waals surface area contributed by atoms with Crippen LogP contribution in [0.2, 0.25) is 0 Å². The molecule has 1 saturated carbocycles. The molecule has 6 nitrogen and oxygen atoms in total. The average Bonchev–Trinajstić information content (AvgIpc) is 3.00. The maximum absolute atomic E-state index is 11.8. The number of hydrogen-bond donors (Lipinski definition) is 0. The van der Waals surface area contributed by atoms with E-state index >= 15 is 0 Å². The predicted octanol–water partition coefficient (Wildman–Crippen LogP) is 1.51. The van der Waals surface area contributed by atoms with E-state index in [1.165, 1.54) is 6.26 Å². The van der Waals surface area contributed by atoms with E-state index in [0.29, 0.717) is 30.7 Å². The summed E-state index contributed by atoms with van der Waals surface area (Å²) in [5.74, 6) is 1.85. The van der Waals surface area contributed by atoms with Crippen molar-refractivity contribution >= 4 is 10.0 Å². The van der Waals surface area contributed by atoms with Crippen LogP contribution in [-0.4, -0.2) is 42.2 Å². The fourth-order valence-corrected chi connectivity index (χ4v) is 4.45. The Labute approximate surface area is 119 Å². The van der Waals surface area contributed by atoms with Gasteiger partial charge >= 0.3 is 0 Å². The number of fused-ring (bicyclic) bond motifs is 1. The van der Waals surface area contributed by atoms with Gasteiger partial charge in [-0.15, -0.1) is 0 Å². The molecule has 0 aromatic carbocycles. The van der Waals surface area contributed by atoms with Gasteiger partial charge in [0.05, 0.1) is 11.7 Å². The quantitative estimate of drug-likeness (QED) is 0.845. The summed E-state index contributed by atoms with van der Waals surface area (Å²) in [5.41, 5.74) is -0.236. The maximum Gasteiger partial charge on any atom is 0.229 e. The molecule has 2 heterocycles. The van der Waals surface area contributed by atoms with E-state index < -0.39 is 10.0 Å². The van der Waals surface area contributed by atoms with Crippen molar-refractivity contribution < 1.29 is 12.9 Å². The molecule has 2 aliphatic rings. The second-order valence-corrected chi connectivity index (χ2v) is 8.39. The summed E-state index contributed by atoms with van der Waals surface area (Å²) in [7, 11) is -3.15. The van der Waals surface area contributed by atoms with Crippen molar-refractivity contribution in [2.75, 3.05) is 19.3 Å². The third kappa shape index (κ3) is 2.07. The molecule has 1 aromatic heterocycles. The van der Waals surface area contributed by atoms with E-state index in [4.69, 9.17) is 4.52 Å². The van der Waals surface area contributed by atoms with E-state index in [0.717, 1.165) is 19.3 Å². The lowest BCUT2D eigenvalue weighted by atomic mass is 9.80. The Morgan fingerprint density at radius 3 is 2.80 bits per heavy atom. The molecule has 0 N–H and O–H groups in total. The highest BCUT2D eigenvalue weighted by Crippen LogP contribution is 2.50. The van der Waals surface area contributed by atoms with E-state index in [9.17, 15) is 8.42 Å². The van der Waals surface area contributed by atoms with Crippen LogP contribution in [0, 0.1) is 5.92 Å². The Morgan fingerprint density at radius 2 is 2.20 bits per heavy atom. The Balaban J connectivity index is 1.96. The molecule has 2 atom stereocenters. The molecule has 1 saturated heterocycles. The molecule has 112 valence electrons. The first-order valence-corrected chi connectivity index (χ1v) is 8.97. The van der Waals surface area contributed by atoms with Crippen LogP contribution in [0.3, 0.4) is 0 Å². The molecule has 2 fully saturated rings. The minimum absolute atomic E-state index is 0.194. The Morgan fingerprint density at radius 1 is 1.45 bits per heavy atom. The van der Waals surface area contributed by atoms with Crippen molar-refractivity contribution in [1.82, 2.24) is 14.4 Å². The summed E-state index contributed by atoms with van der Waals surface area (Å²) in [4.78, 5) is 4.54. The molecular formula is C13H21N3O3S. The first kappa shape index (κ1) is 14.0. The van der Waals surface area contributed by atoms with Crippen LogP contribution >= 0.6 is 0 Å². The topological polar surface area (TPSA) is 76.3 Å². The Hall–Kier alpha value is -0.950.